The molecule has 0 aliphatic rings. The second kappa shape index (κ2) is 11.0. The predicted octanol–water partition coefficient (Wildman–Crippen LogP) is 4.76. The van der Waals surface area contributed by atoms with Crippen LogP contribution in [-0.4, -0.2) is 25.2 Å². The van der Waals surface area contributed by atoms with Gasteiger partial charge in [0.05, 0.1) is 13.2 Å². The number of esters is 2. The first-order valence-electron chi connectivity index (χ1n) is 9.37. The Bertz CT molecular complexity index is 766. The van der Waals surface area contributed by atoms with E-state index < -0.39 is 17.9 Å². The molecule has 0 radical (unpaired) electrons. The Morgan fingerprint density at radius 3 is 2.04 bits per heavy atom. The van der Waals surface area contributed by atoms with Crippen LogP contribution in [-0.2, 0) is 19.1 Å². The van der Waals surface area contributed by atoms with Crippen LogP contribution in [0.3, 0.4) is 0 Å². The molecule has 0 spiro atoms. The Kier molecular flexibility index (Phi) is 8.40. The van der Waals surface area contributed by atoms with Gasteiger partial charge < -0.3 is 9.47 Å². The molecule has 0 fully saturated rings. The zero-order chi connectivity index (χ0) is 20.4. The van der Waals surface area contributed by atoms with E-state index in [0.29, 0.717) is 0 Å². The van der Waals surface area contributed by atoms with Crippen molar-refractivity contribution in [2.24, 2.45) is 5.92 Å². The van der Waals surface area contributed by atoms with Gasteiger partial charge in [0.2, 0.25) is 0 Å². The highest BCUT2D eigenvalue weighted by Gasteiger charge is 2.32. The Morgan fingerprint density at radius 1 is 0.929 bits per heavy atom. The Morgan fingerprint density at radius 2 is 1.50 bits per heavy atom. The predicted molar refractivity (Wildman–Crippen MR) is 106 cm³/mol. The number of ether oxygens (including phenoxy) is 2. The SMILES string of the molecule is CCOC(=O)C(CC(/C=C/c1ccccc1)c1ccc(F)cc1)C(=O)OCC. The number of hydrogen-bond donors (Lipinski definition) is 0. The first-order valence-corrected chi connectivity index (χ1v) is 9.37. The van der Waals surface area contributed by atoms with Crippen LogP contribution < -0.4 is 0 Å². The maximum Gasteiger partial charge on any atom is 0.320 e. The zero-order valence-corrected chi connectivity index (χ0v) is 16.1. The van der Waals surface area contributed by atoms with Crippen LogP contribution in [0.1, 0.15) is 37.3 Å². The summed E-state index contributed by atoms with van der Waals surface area (Å²) in [6.07, 6.45) is 4.00. The zero-order valence-electron chi connectivity index (χ0n) is 16.1. The van der Waals surface area contributed by atoms with E-state index >= 15 is 0 Å². The van der Waals surface area contributed by atoms with E-state index in [0.717, 1.165) is 11.1 Å². The second-order valence-electron chi connectivity index (χ2n) is 6.22. The minimum atomic E-state index is -1.05. The van der Waals surface area contributed by atoms with E-state index in [-0.39, 0.29) is 31.4 Å². The molecule has 0 saturated carbocycles. The lowest BCUT2D eigenvalue weighted by Crippen LogP contribution is -2.29. The van der Waals surface area contributed by atoms with Gasteiger partial charge in [0, 0.05) is 5.92 Å². The van der Waals surface area contributed by atoms with Crippen molar-refractivity contribution in [3.8, 4) is 0 Å². The number of benzene rings is 2. The van der Waals surface area contributed by atoms with Crippen molar-refractivity contribution in [1.29, 1.82) is 0 Å². The number of carbonyl (C=O) groups excluding carboxylic acids is 2. The average molecular weight is 384 g/mol. The van der Waals surface area contributed by atoms with E-state index in [9.17, 15) is 14.0 Å². The van der Waals surface area contributed by atoms with Crippen molar-refractivity contribution in [3.63, 3.8) is 0 Å². The van der Waals surface area contributed by atoms with Crippen LogP contribution in [0.15, 0.2) is 60.7 Å². The van der Waals surface area contributed by atoms with Crippen molar-refractivity contribution in [2.45, 2.75) is 26.2 Å². The van der Waals surface area contributed by atoms with Gasteiger partial charge in [-0.3, -0.25) is 9.59 Å². The molecule has 1 atom stereocenters. The third kappa shape index (κ3) is 6.34. The topological polar surface area (TPSA) is 52.6 Å². The van der Waals surface area contributed by atoms with Gasteiger partial charge in [-0.2, -0.15) is 0 Å². The normalized spacial score (nSPS) is 12.1. The number of carbonyl (C=O) groups is 2. The van der Waals surface area contributed by atoms with Crippen molar-refractivity contribution >= 4 is 18.0 Å². The number of halogens is 1. The van der Waals surface area contributed by atoms with E-state index in [1.807, 2.05) is 42.5 Å². The minimum Gasteiger partial charge on any atom is -0.465 e. The first kappa shape index (κ1) is 21.4. The highest BCUT2D eigenvalue weighted by atomic mass is 19.1. The monoisotopic (exact) mass is 384 g/mol. The van der Waals surface area contributed by atoms with Crippen molar-refractivity contribution in [3.05, 3.63) is 77.6 Å². The second-order valence-corrected chi connectivity index (χ2v) is 6.22. The molecule has 0 amide bonds. The molecule has 5 heteroatoms. The summed E-state index contributed by atoms with van der Waals surface area (Å²) in [6, 6.07) is 15.7. The van der Waals surface area contributed by atoms with Crippen LogP contribution in [0.4, 0.5) is 4.39 Å². The van der Waals surface area contributed by atoms with Gasteiger partial charge in [0.1, 0.15) is 5.82 Å². The van der Waals surface area contributed by atoms with Gasteiger partial charge >= 0.3 is 11.9 Å². The highest BCUT2D eigenvalue weighted by molar-refractivity contribution is 5.95. The van der Waals surface area contributed by atoms with E-state index in [1.54, 1.807) is 26.0 Å². The molecule has 0 aliphatic heterocycles. The molecule has 148 valence electrons. The lowest BCUT2D eigenvalue weighted by molar-refractivity contribution is -0.162. The van der Waals surface area contributed by atoms with Gasteiger partial charge in [0.15, 0.2) is 5.92 Å². The number of hydrogen-bond acceptors (Lipinski definition) is 4. The largest absolute Gasteiger partial charge is 0.465 e. The molecule has 2 aromatic rings. The molecule has 0 aromatic heterocycles. The van der Waals surface area contributed by atoms with Gasteiger partial charge in [-0.15, -0.1) is 0 Å². The molecule has 0 bridgehead atoms. The summed E-state index contributed by atoms with van der Waals surface area (Å²) >= 11 is 0. The summed E-state index contributed by atoms with van der Waals surface area (Å²) < 4.78 is 23.5. The maximum absolute atomic E-state index is 13.4. The molecule has 0 saturated heterocycles. The van der Waals surface area contributed by atoms with Crippen LogP contribution in [0.25, 0.3) is 6.08 Å². The summed E-state index contributed by atoms with van der Waals surface area (Å²) in [5.41, 5.74) is 1.78. The van der Waals surface area contributed by atoms with E-state index in [2.05, 4.69) is 0 Å². The number of allylic oxidation sites excluding steroid dienone is 1. The smallest absolute Gasteiger partial charge is 0.320 e. The fourth-order valence-electron chi connectivity index (χ4n) is 2.86. The molecule has 0 aliphatic carbocycles. The standard InChI is InChI=1S/C23H25FO4/c1-3-27-22(25)21(23(26)28-4-2)16-19(18-12-14-20(24)15-13-18)11-10-17-8-6-5-7-9-17/h5-15,19,21H,3-4,16H2,1-2H3/b11-10+. The Labute approximate surface area is 165 Å². The molecule has 0 heterocycles. The number of rotatable bonds is 9. The third-order valence-corrected chi connectivity index (χ3v) is 4.25. The van der Waals surface area contributed by atoms with E-state index in [1.165, 1.54) is 12.1 Å². The molecule has 2 aromatic carbocycles. The van der Waals surface area contributed by atoms with E-state index in [4.69, 9.17) is 9.47 Å². The fourth-order valence-corrected chi connectivity index (χ4v) is 2.86. The third-order valence-electron chi connectivity index (χ3n) is 4.25. The molecular weight excluding hydrogens is 359 g/mol. The molecule has 1 unspecified atom stereocenters. The fraction of sp³-hybridized carbons (Fsp3) is 0.304. The quantitative estimate of drug-likeness (QED) is 0.462. The van der Waals surface area contributed by atoms with Gasteiger partial charge in [-0.25, -0.2) is 4.39 Å². The van der Waals surface area contributed by atoms with Gasteiger partial charge in [0.25, 0.3) is 0 Å². The summed E-state index contributed by atoms with van der Waals surface area (Å²) in [5, 5.41) is 0. The molecule has 28 heavy (non-hydrogen) atoms. The summed E-state index contributed by atoms with van der Waals surface area (Å²) in [4.78, 5) is 24.7. The van der Waals surface area contributed by atoms with Crippen molar-refractivity contribution in [1.82, 2.24) is 0 Å². The Hall–Kier alpha value is -2.95. The lowest BCUT2D eigenvalue weighted by Gasteiger charge is -2.20. The van der Waals surface area contributed by atoms with Crippen molar-refractivity contribution in [2.75, 3.05) is 13.2 Å². The molecule has 0 N–H and O–H groups in total. The summed E-state index contributed by atoms with van der Waals surface area (Å²) in [6.45, 7) is 3.73. The summed E-state index contributed by atoms with van der Waals surface area (Å²) in [7, 11) is 0. The molecule has 2 rings (SSSR count). The van der Waals surface area contributed by atoms with Crippen molar-refractivity contribution < 1.29 is 23.5 Å². The molecule has 4 nitrogen and oxygen atoms in total. The van der Waals surface area contributed by atoms with Crippen LogP contribution in [0, 0.1) is 11.7 Å². The van der Waals surface area contributed by atoms with Crippen LogP contribution in [0.2, 0.25) is 0 Å². The Balaban J connectivity index is 2.32. The van der Waals surface area contributed by atoms with Crippen LogP contribution >= 0.6 is 0 Å². The first-order chi connectivity index (χ1) is 13.5. The lowest BCUT2D eigenvalue weighted by atomic mass is 9.88. The van der Waals surface area contributed by atoms with Gasteiger partial charge in [-0.05, 0) is 43.5 Å². The average Bonchev–Trinajstić information content (AvgIpc) is 2.70. The highest BCUT2D eigenvalue weighted by Crippen LogP contribution is 2.28. The molecular formula is C23H25FO4. The maximum atomic E-state index is 13.4. The van der Waals surface area contributed by atoms with Gasteiger partial charge in [-0.1, -0.05) is 54.6 Å². The summed E-state index contributed by atoms with van der Waals surface area (Å²) in [5.74, 6) is -2.90. The van der Waals surface area contributed by atoms with Crippen LogP contribution in [0.5, 0.6) is 0 Å². The minimum absolute atomic E-state index is 0.173.